The number of pyridine rings is 1. The molecule has 21 heavy (non-hydrogen) atoms. The monoisotopic (exact) mass is 285 g/mol. The van der Waals surface area contributed by atoms with E-state index in [9.17, 15) is 0 Å². The van der Waals surface area contributed by atoms with Crippen molar-refractivity contribution in [3.63, 3.8) is 0 Å². The van der Waals surface area contributed by atoms with Crippen molar-refractivity contribution in [1.82, 2.24) is 20.1 Å². The van der Waals surface area contributed by atoms with Gasteiger partial charge in [-0.2, -0.15) is 5.10 Å². The maximum Gasteiger partial charge on any atom is 0.153 e. The van der Waals surface area contributed by atoms with E-state index in [1.54, 1.807) is 10.9 Å². The highest BCUT2D eigenvalue weighted by molar-refractivity contribution is 5.44. The number of nitrogens with zero attached hydrogens (tertiary/aromatic N) is 3. The predicted octanol–water partition coefficient (Wildman–Crippen LogP) is 2.60. The molecule has 0 saturated carbocycles. The highest BCUT2D eigenvalue weighted by Gasteiger charge is 2.15. The molecule has 2 atom stereocenters. The van der Waals surface area contributed by atoms with Crippen LogP contribution in [0.25, 0.3) is 5.82 Å². The molecule has 0 bridgehead atoms. The van der Waals surface area contributed by atoms with Crippen molar-refractivity contribution in [2.24, 2.45) is 0 Å². The smallest absolute Gasteiger partial charge is 0.153 e. The van der Waals surface area contributed by atoms with E-state index in [0.29, 0.717) is 12.1 Å². The number of rotatable bonds is 5. The van der Waals surface area contributed by atoms with Crippen LogP contribution < -0.4 is 10.6 Å². The third-order valence-electron chi connectivity index (χ3n) is 3.95. The first-order valence-corrected chi connectivity index (χ1v) is 7.77. The SMILES string of the molecule is CC(CC1CCCCN1)Nc1ccc(-n2cccn2)nc1. The third kappa shape index (κ3) is 3.82. The predicted molar refractivity (Wildman–Crippen MR) is 84.7 cm³/mol. The Kier molecular flexibility index (Phi) is 4.50. The van der Waals surface area contributed by atoms with Crippen molar-refractivity contribution in [2.75, 3.05) is 11.9 Å². The second kappa shape index (κ2) is 6.72. The van der Waals surface area contributed by atoms with Crippen LogP contribution in [0.3, 0.4) is 0 Å². The Labute approximate surface area is 125 Å². The number of hydrogen-bond donors (Lipinski definition) is 2. The van der Waals surface area contributed by atoms with E-state index in [4.69, 9.17) is 0 Å². The first-order chi connectivity index (χ1) is 10.3. The van der Waals surface area contributed by atoms with Crippen LogP contribution >= 0.6 is 0 Å². The van der Waals surface area contributed by atoms with Gasteiger partial charge in [-0.15, -0.1) is 0 Å². The molecule has 0 radical (unpaired) electrons. The molecule has 0 aromatic carbocycles. The van der Waals surface area contributed by atoms with Crippen molar-refractivity contribution < 1.29 is 0 Å². The van der Waals surface area contributed by atoms with Gasteiger partial charge in [0.15, 0.2) is 5.82 Å². The highest BCUT2D eigenvalue weighted by Crippen LogP contribution is 2.15. The Morgan fingerprint density at radius 2 is 2.38 bits per heavy atom. The molecule has 1 fully saturated rings. The lowest BCUT2D eigenvalue weighted by molar-refractivity contribution is 0.371. The summed E-state index contributed by atoms with van der Waals surface area (Å²) in [6.45, 7) is 3.40. The summed E-state index contributed by atoms with van der Waals surface area (Å²) in [6, 6.07) is 7.04. The second-order valence-corrected chi connectivity index (χ2v) is 5.78. The second-order valence-electron chi connectivity index (χ2n) is 5.78. The van der Waals surface area contributed by atoms with E-state index >= 15 is 0 Å². The maximum absolute atomic E-state index is 4.44. The van der Waals surface area contributed by atoms with Crippen molar-refractivity contribution in [3.05, 3.63) is 36.8 Å². The Bertz CT molecular complexity index is 528. The summed E-state index contributed by atoms with van der Waals surface area (Å²) < 4.78 is 1.76. The lowest BCUT2D eigenvalue weighted by Gasteiger charge is -2.27. The molecule has 0 amide bonds. The fourth-order valence-electron chi connectivity index (χ4n) is 2.91. The summed E-state index contributed by atoms with van der Waals surface area (Å²) in [5.74, 6) is 0.840. The Balaban J connectivity index is 1.54. The fraction of sp³-hybridized carbons (Fsp3) is 0.500. The van der Waals surface area contributed by atoms with Gasteiger partial charge in [0.1, 0.15) is 0 Å². The van der Waals surface area contributed by atoms with E-state index in [0.717, 1.165) is 24.5 Å². The summed E-state index contributed by atoms with van der Waals surface area (Å²) in [5.41, 5.74) is 1.06. The molecule has 3 rings (SSSR count). The van der Waals surface area contributed by atoms with Crippen molar-refractivity contribution in [2.45, 2.75) is 44.7 Å². The van der Waals surface area contributed by atoms with E-state index < -0.39 is 0 Å². The molecule has 0 aliphatic carbocycles. The van der Waals surface area contributed by atoms with E-state index in [1.165, 1.54) is 19.3 Å². The van der Waals surface area contributed by atoms with Crippen molar-refractivity contribution >= 4 is 5.69 Å². The molecule has 2 aromatic heterocycles. The molecule has 2 unspecified atom stereocenters. The minimum absolute atomic E-state index is 0.443. The van der Waals surface area contributed by atoms with E-state index in [2.05, 4.69) is 33.7 Å². The van der Waals surface area contributed by atoms with Crippen LogP contribution in [0.4, 0.5) is 5.69 Å². The molecule has 3 heterocycles. The minimum Gasteiger partial charge on any atom is -0.381 e. The first-order valence-electron chi connectivity index (χ1n) is 7.77. The molecule has 5 heteroatoms. The van der Waals surface area contributed by atoms with Crippen LogP contribution in [-0.2, 0) is 0 Å². The van der Waals surface area contributed by atoms with Gasteiger partial charge in [0.2, 0.25) is 0 Å². The van der Waals surface area contributed by atoms with Gasteiger partial charge in [0.25, 0.3) is 0 Å². The van der Waals surface area contributed by atoms with Crippen molar-refractivity contribution in [1.29, 1.82) is 0 Å². The number of hydrogen-bond acceptors (Lipinski definition) is 4. The quantitative estimate of drug-likeness (QED) is 0.886. The highest BCUT2D eigenvalue weighted by atomic mass is 15.3. The summed E-state index contributed by atoms with van der Waals surface area (Å²) in [7, 11) is 0. The van der Waals surface area contributed by atoms with Gasteiger partial charge >= 0.3 is 0 Å². The lowest BCUT2D eigenvalue weighted by Crippen LogP contribution is -2.37. The average molecular weight is 285 g/mol. The minimum atomic E-state index is 0.443. The third-order valence-corrected chi connectivity index (χ3v) is 3.95. The molecule has 1 aliphatic heterocycles. The van der Waals surface area contributed by atoms with Crippen LogP contribution in [0.5, 0.6) is 0 Å². The summed E-state index contributed by atoms with van der Waals surface area (Å²) in [5, 5.41) is 11.3. The summed E-state index contributed by atoms with van der Waals surface area (Å²) >= 11 is 0. The van der Waals surface area contributed by atoms with Gasteiger partial charge in [-0.1, -0.05) is 6.42 Å². The summed E-state index contributed by atoms with van der Waals surface area (Å²) in [6.07, 6.45) is 10.6. The number of anilines is 1. The molecule has 1 saturated heterocycles. The molecule has 1 aliphatic rings. The van der Waals surface area contributed by atoms with E-state index in [1.807, 2.05) is 24.5 Å². The van der Waals surface area contributed by atoms with Gasteiger partial charge in [0, 0.05) is 24.5 Å². The first kappa shape index (κ1) is 14.1. The Morgan fingerprint density at radius 1 is 1.43 bits per heavy atom. The zero-order valence-electron chi connectivity index (χ0n) is 12.5. The van der Waals surface area contributed by atoms with Crippen LogP contribution in [-0.4, -0.2) is 33.4 Å². The number of nitrogens with one attached hydrogen (secondary N) is 2. The Morgan fingerprint density at radius 3 is 3.05 bits per heavy atom. The van der Waals surface area contributed by atoms with Crippen LogP contribution in [0, 0.1) is 0 Å². The maximum atomic E-state index is 4.44. The van der Waals surface area contributed by atoms with Crippen molar-refractivity contribution in [3.8, 4) is 5.82 Å². The molecule has 2 aromatic rings. The summed E-state index contributed by atoms with van der Waals surface area (Å²) in [4.78, 5) is 4.44. The van der Waals surface area contributed by atoms with Crippen LogP contribution in [0.2, 0.25) is 0 Å². The zero-order chi connectivity index (χ0) is 14.5. The van der Waals surface area contributed by atoms with Gasteiger partial charge < -0.3 is 10.6 Å². The molecule has 0 spiro atoms. The molecule has 5 nitrogen and oxygen atoms in total. The normalized spacial score (nSPS) is 20.1. The standard InChI is InChI=1S/C16H23N5/c1-13(11-14-5-2-3-8-17-14)20-15-6-7-16(18-12-15)21-10-4-9-19-21/h4,6-7,9-10,12-14,17,20H,2-3,5,8,11H2,1H3. The van der Waals surface area contributed by atoms with Gasteiger partial charge in [-0.3, -0.25) is 0 Å². The molecular formula is C16H23N5. The largest absolute Gasteiger partial charge is 0.381 e. The van der Waals surface area contributed by atoms with Gasteiger partial charge in [-0.25, -0.2) is 9.67 Å². The number of piperidine rings is 1. The zero-order valence-corrected chi connectivity index (χ0v) is 12.5. The van der Waals surface area contributed by atoms with Crippen LogP contribution in [0.15, 0.2) is 36.8 Å². The Hall–Kier alpha value is -1.88. The van der Waals surface area contributed by atoms with Crippen LogP contribution in [0.1, 0.15) is 32.6 Å². The molecule has 112 valence electrons. The molecular weight excluding hydrogens is 262 g/mol. The lowest BCUT2D eigenvalue weighted by atomic mass is 9.99. The van der Waals surface area contributed by atoms with Gasteiger partial charge in [0.05, 0.1) is 11.9 Å². The topological polar surface area (TPSA) is 54.8 Å². The van der Waals surface area contributed by atoms with E-state index in [-0.39, 0.29) is 0 Å². The number of aromatic nitrogens is 3. The van der Waals surface area contributed by atoms with Gasteiger partial charge in [-0.05, 0) is 50.9 Å². The average Bonchev–Trinajstić information content (AvgIpc) is 3.03. The molecule has 2 N–H and O–H groups in total. The fourth-order valence-corrected chi connectivity index (χ4v) is 2.91.